The molecule has 1 aliphatic rings. The van der Waals surface area contributed by atoms with Crippen molar-refractivity contribution >= 4 is 34.6 Å². The van der Waals surface area contributed by atoms with Crippen LogP contribution in [0.3, 0.4) is 0 Å². The monoisotopic (exact) mass is 286 g/mol. The number of hydrogen-bond acceptors (Lipinski definition) is 2. The Morgan fingerprint density at radius 2 is 1.72 bits per heavy atom. The number of rotatable bonds is 3. The van der Waals surface area contributed by atoms with Crippen molar-refractivity contribution in [2.24, 2.45) is 5.92 Å². The van der Waals surface area contributed by atoms with Gasteiger partial charge in [0.15, 0.2) is 0 Å². The maximum atomic E-state index is 6.18. The summed E-state index contributed by atoms with van der Waals surface area (Å²) in [6.07, 6.45) is 6.25. The van der Waals surface area contributed by atoms with Crippen LogP contribution in [0.2, 0.25) is 10.0 Å². The summed E-state index contributed by atoms with van der Waals surface area (Å²) in [5, 5.41) is 4.69. The van der Waals surface area contributed by atoms with E-state index in [1.54, 1.807) is 12.1 Å². The smallest absolute Gasteiger partial charge is 0.0722 e. The highest BCUT2D eigenvalue weighted by atomic mass is 35.5. The number of benzene rings is 1. The second-order valence-electron chi connectivity index (χ2n) is 5.13. The van der Waals surface area contributed by atoms with Crippen LogP contribution in [0.25, 0.3) is 0 Å². The lowest BCUT2D eigenvalue weighted by Gasteiger charge is -2.29. The standard InChI is InChI=1S/C14H20Cl2N2/c1-2-9-3-5-11(6-4-9)18-14-12(15)7-10(17)8-13(14)16/h7-9,11,18H,2-6,17H2,1H3. The van der Waals surface area contributed by atoms with Gasteiger partial charge in [0.2, 0.25) is 0 Å². The molecule has 0 spiro atoms. The Bertz CT molecular complexity index is 389. The van der Waals surface area contributed by atoms with Crippen molar-refractivity contribution in [3.8, 4) is 0 Å². The van der Waals surface area contributed by atoms with E-state index in [2.05, 4.69) is 12.2 Å². The van der Waals surface area contributed by atoms with E-state index in [1.165, 1.54) is 32.1 Å². The van der Waals surface area contributed by atoms with Crippen LogP contribution in [0.4, 0.5) is 11.4 Å². The molecule has 0 amide bonds. The molecule has 4 heteroatoms. The highest BCUT2D eigenvalue weighted by molar-refractivity contribution is 6.39. The van der Waals surface area contributed by atoms with Gasteiger partial charge in [0.25, 0.3) is 0 Å². The third kappa shape index (κ3) is 3.24. The highest BCUT2D eigenvalue weighted by Crippen LogP contribution is 2.36. The van der Waals surface area contributed by atoms with E-state index in [9.17, 15) is 0 Å². The Hall–Kier alpha value is -0.600. The molecule has 0 bridgehead atoms. The second kappa shape index (κ2) is 6.03. The van der Waals surface area contributed by atoms with Crippen LogP contribution < -0.4 is 11.1 Å². The van der Waals surface area contributed by atoms with Gasteiger partial charge in [-0.1, -0.05) is 36.5 Å². The normalized spacial score (nSPS) is 23.9. The van der Waals surface area contributed by atoms with E-state index in [0.717, 1.165) is 11.6 Å². The summed E-state index contributed by atoms with van der Waals surface area (Å²) in [5.41, 5.74) is 7.13. The Morgan fingerprint density at radius 1 is 1.17 bits per heavy atom. The summed E-state index contributed by atoms with van der Waals surface area (Å²) >= 11 is 12.4. The van der Waals surface area contributed by atoms with Crippen molar-refractivity contribution in [1.29, 1.82) is 0 Å². The second-order valence-corrected chi connectivity index (χ2v) is 5.94. The molecule has 0 heterocycles. The first-order valence-corrected chi connectivity index (χ1v) is 7.36. The molecule has 1 saturated carbocycles. The summed E-state index contributed by atoms with van der Waals surface area (Å²) in [6.45, 7) is 2.27. The maximum Gasteiger partial charge on any atom is 0.0722 e. The maximum absolute atomic E-state index is 6.18. The fourth-order valence-corrected chi connectivity index (χ4v) is 3.26. The number of nitrogen functional groups attached to an aromatic ring is 1. The van der Waals surface area contributed by atoms with Crippen LogP contribution in [-0.4, -0.2) is 6.04 Å². The van der Waals surface area contributed by atoms with E-state index in [0.29, 0.717) is 21.8 Å². The summed E-state index contributed by atoms with van der Waals surface area (Å²) in [6, 6.07) is 3.97. The quantitative estimate of drug-likeness (QED) is 0.771. The van der Waals surface area contributed by atoms with Gasteiger partial charge in [-0.3, -0.25) is 0 Å². The third-order valence-corrected chi connectivity index (χ3v) is 4.43. The minimum Gasteiger partial charge on any atom is -0.399 e. The lowest BCUT2D eigenvalue weighted by atomic mass is 9.84. The van der Waals surface area contributed by atoms with Crippen LogP contribution in [0.1, 0.15) is 39.0 Å². The molecule has 1 aromatic rings. The van der Waals surface area contributed by atoms with Crippen molar-refractivity contribution in [2.45, 2.75) is 45.1 Å². The first-order valence-electron chi connectivity index (χ1n) is 6.61. The minimum atomic E-state index is 0.478. The molecule has 0 saturated heterocycles. The molecule has 0 radical (unpaired) electrons. The number of hydrogen-bond donors (Lipinski definition) is 2. The predicted molar refractivity (Wildman–Crippen MR) is 80.5 cm³/mol. The fraction of sp³-hybridized carbons (Fsp3) is 0.571. The summed E-state index contributed by atoms with van der Waals surface area (Å²) in [5.74, 6) is 0.889. The van der Waals surface area contributed by atoms with Crippen molar-refractivity contribution < 1.29 is 0 Å². The number of nitrogens with two attached hydrogens (primary N) is 1. The van der Waals surface area contributed by atoms with E-state index in [1.807, 2.05) is 0 Å². The van der Waals surface area contributed by atoms with E-state index < -0.39 is 0 Å². The third-order valence-electron chi connectivity index (χ3n) is 3.84. The zero-order valence-corrected chi connectivity index (χ0v) is 12.2. The summed E-state index contributed by atoms with van der Waals surface area (Å²) in [4.78, 5) is 0. The molecule has 0 atom stereocenters. The highest BCUT2D eigenvalue weighted by Gasteiger charge is 2.21. The lowest BCUT2D eigenvalue weighted by molar-refractivity contribution is 0.330. The molecule has 2 rings (SSSR count). The average molecular weight is 287 g/mol. The SMILES string of the molecule is CCC1CCC(Nc2c(Cl)cc(N)cc2Cl)CC1. The molecular formula is C14H20Cl2N2. The topological polar surface area (TPSA) is 38.0 Å². The largest absolute Gasteiger partial charge is 0.399 e. The first kappa shape index (κ1) is 13.8. The van der Waals surface area contributed by atoms with Gasteiger partial charge in [-0.15, -0.1) is 0 Å². The number of anilines is 2. The van der Waals surface area contributed by atoms with Crippen molar-refractivity contribution in [3.63, 3.8) is 0 Å². The number of nitrogens with one attached hydrogen (secondary N) is 1. The Balaban J connectivity index is 2.02. The Kier molecular flexibility index (Phi) is 4.63. The van der Waals surface area contributed by atoms with Crippen molar-refractivity contribution in [3.05, 3.63) is 22.2 Å². The molecule has 1 aliphatic carbocycles. The molecule has 1 fully saturated rings. The van der Waals surface area contributed by atoms with Gasteiger partial charge < -0.3 is 11.1 Å². The molecule has 0 unspecified atom stereocenters. The zero-order chi connectivity index (χ0) is 13.1. The molecular weight excluding hydrogens is 267 g/mol. The van der Waals surface area contributed by atoms with Crippen LogP contribution in [0.15, 0.2) is 12.1 Å². The molecule has 0 aromatic heterocycles. The predicted octanol–water partition coefficient (Wildman–Crippen LogP) is 4.96. The average Bonchev–Trinajstić information content (AvgIpc) is 2.34. The molecule has 1 aromatic carbocycles. The van der Waals surface area contributed by atoms with Gasteiger partial charge >= 0.3 is 0 Å². The van der Waals surface area contributed by atoms with Gasteiger partial charge in [0, 0.05) is 11.7 Å². The van der Waals surface area contributed by atoms with Gasteiger partial charge in [0.1, 0.15) is 0 Å². The Morgan fingerprint density at radius 3 is 2.22 bits per heavy atom. The van der Waals surface area contributed by atoms with Crippen LogP contribution >= 0.6 is 23.2 Å². The number of halogens is 2. The molecule has 0 aliphatic heterocycles. The van der Waals surface area contributed by atoms with Gasteiger partial charge in [-0.25, -0.2) is 0 Å². The van der Waals surface area contributed by atoms with Crippen molar-refractivity contribution in [1.82, 2.24) is 0 Å². The molecule has 100 valence electrons. The summed E-state index contributed by atoms with van der Waals surface area (Å²) < 4.78 is 0. The fourth-order valence-electron chi connectivity index (χ4n) is 2.65. The van der Waals surface area contributed by atoms with Crippen LogP contribution in [-0.2, 0) is 0 Å². The van der Waals surface area contributed by atoms with E-state index in [4.69, 9.17) is 28.9 Å². The van der Waals surface area contributed by atoms with E-state index >= 15 is 0 Å². The van der Waals surface area contributed by atoms with Crippen molar-refractivity contribution in [2.75, 3.05) is 11.1 Å². The van der Waals surface area contributed by atoms with Crippen LogP contribution in [0.5, 0.6) is 0 Å². The van der Waals surface area contributed by atoms with Gasteiger partial charge in [-0.05, 0) is 43.7 Å². The minimum absolute atomic E-state index is 0.478. The molecule has 3 N–H and O–H groups in total. The van der Waals surface area contributed by atoms with Crippen LogP contribution in [0, 0.1) is 5.92 Å². The Labute approximate surface area is 119 Å². The molecule has 18 heavy (non-hydrogen) atoms. The molecule has 2 nitrogen and oxygen atoms in total. The lowest BCUT2D eigenvalue weighted by Crippen LogP contribution is -2.26. The van der Waals surface area contributed by atoms with E-state index in [-0.39, 0.29) is 0 Å². The zero-order valence-electron chi connectivity index (χ0n) is 10.7. The van der Waals surface area contributed by atoms with Gasteiger partial charge in [0.05, 0.1) is 15.7 Å². The van der Waals surface area contributed by atoms with Gasteiger partial charge in [-0.2, -0.15) is 0 Å². The first-order chi connectivity index (χ1) is 8.60. The summed E-state index contributed by atoms with van der Waals surface area (Å²) in [7, 11) is 0.